The summed E-state index contributed by atoms with van der Waals surface area (Å²) < 4.78 is 11.8. The van der Waals surface area contributed by atoms with Crippen molar-refractivity contribution in [2.45, 2.75) is 30.7 Å². The fourth-order valence-electron chi connectivity index (χ4n) is 1.45. The highest BCUT2D eigenvalue weighted by molar-refractivity contribution is 7.85. The van der Waals surface area contributed by atoms with Gasteiger partial charge in [-0.25, -0.2) is 0 Å². The maximum Gasteiger partial charge on any atom is 0.320 e. The molecule has 0 aliphatic heterocycles. The predicted octanol–water partition coefficient (Wildman–Crippen LogP) is 0.728. The molecule has 0 aliphatic rings. The Morgan fingerprint density at radius 3 is 2.37 bits per heavy atom. The number of ketones is 1. The zero-order chi connectivity index (χ0) is 14.4. The molecule has 0 fully saturated rings. The number of carboxylic acids is 1. The van der Waals surface area contributed by atoms with Gasteiger partial charge in [0.1, 0.15) is 11.8 Å². The van der Waals surface area contributed by atoms with Gasteiger partial charge in [-0.2, -0.15) is 0 Å². The number of Topliss-reactive ketones (excluding diaryl/α,β-unsaturated/α-hetero) is 1. The monoisotopic (exact) mass is 283 g/mol. The van der Waals surface area contributed by atoms with E-state index in [-0.39, 0.29) is 18.0 Å². The highest BCUT2D eigenvalue weighted by Gasteiger charge is 2.13. The third-order valence-corrected chi connectivity index (χ3v) is 4.03. The first-order chi connectivity index (χ1) is 8.93. The third kappa shape index (κ3) is 4.92. The van der Waals surface area contributed by atoms with Gasteiger partial charge in [-0.05, 0) is 24.1 Å². The maximum atomic E-state index is 11.8. The van der Waals surface area contributed by atoms with Gasteiger partial charge in [-0.1, -0.05) is 19.1 Å². The van der Waals surface area contributed by atoms with E-state index in [0.717, 1.165) is 5.56 Å². The number of nitrogens with two attached hydrogens (primary N) is 1. The fourth-order valence-corrected chi connectivity index (χ4v) is 2.55. The first-order valence-corrected chi connectivity index (χ1v) is 7.23. The molecule has 6 heteroatoms. The number of hydrogen-bond acceptors (Lipinski definition) is 4. The first-order valence-electron chi connectivity index (χ1n) is 5.91. The Morgan fingerprint density at radius 2 is 1.89 bits per heavy atom. The molecule has 0 saturated heterocycles. The molecule has 0 aliphatic carbocycles. The van der Waals surface area contributed by atoms with Crippen LogP contribution < -0.4 is 5.73 Å². The van der Waals surface area contributed by atoms with Gasteiger partial charge < -0.3 is 10.8 Å². The molecule has 2 unspecified atom stereocenters. The summed E-state index contributed by atoms with van der Waals surface area (Å²) in [5, 5.41) is 8.70. The van der Waals surface area contributed by atoms with E-state index in [1.807, 2.05) is 0 Å². The Bertz CT molecular complexity index is 484. The van der Waals surface area contributed by atoms with Crippen LogP contribution >= 0.6 is 0 Å². The minimum absolute atomic E-state index is 0.0183. The molecule has 0 radical (unpaired) electrons. The molecule has 1 aromatic carbocycles. The highest BCUT2D eigenvalue weighted by atomic mass is 32.2. The van der Waals surface area contributed by atoms with Crippen molar-refractivity contribution in [3.8, 4) is 0 Å². The number of rotatable bonds is 7. The van der Waals surface area contributed by atoms with Crippen molar-refractivity contribution >= 4 is 22.6 Å². The summed E-state index contributed by atoms with van der Waals surface area (Å²) in [7, 11) is -1.34. The molecule has 5 nitrogen and oxygen atoms in total. The van der Waals surface area contributed by atoms with Crippen LogP contribution in [0.25, 0.3) is 0 Å². The summed E-state index contributed by atoms with van der Waals surface area (Å²) >= 11 is 0. The summed E-state index contributed by atoms with van der Waals surface area (Å²) in [6.07, 6.45) is 0.591. The smallest absolute Gasteiger partial charge is 0.320 e. The van der Waals surface area contributed by atoms with Crippen LogP contribution in [0, 0.1) is 0 Å². The lowest BCUT2D eigenvalue weighted by atomic mass is 10.1. The van der Waals surface area contributed by atoms with E-state index in [0.29, 0.717) is 11.3 Å². The van der Waals surface area contributed by atoms with Gasteiger partial charge in [0.25, 0.3) is 0 Å². The van der Waals surface area contributed by atoms with Crippen molar-refractivity contribution in [2.24, 2.45) is 5.73 Å². The van der Waals surface area contributed by atoms with Crippen LogP contribution in [0.4, 0.5) is 0 Å². The van der Waals surface area contributed by atoms with Crippen molar-refractivity contribution in [2.75, 3.05) is 5.75 Å². The summed E-state index contributed by atoms with van der Waals surface area (Å²) in [6.45, 7) is 1.73. The molecule has 0 heterocycles. The molecule has 0 bridgehead atoms. The normalized spacial score (nSPS) is 13.8. The lowest BCUT2D eigenvalue weighted by Crippen LogP contribution is -2.32. The van der Waals surface area contributed by atoms with Crippen LogP contribution in [0.2, 0.25) is 0 Å². The fraction of sp³-hybridized carbons (Fsp3) is 0.385. The third-order valence-electron chi connectivity index (χ3n) is 2.65. The minimum atomic E-state index is -1.34. The van der Waals surface area contributed by atoms with Crippen LogP contribution in [0.3, 0.4) is 0 Å². The molecule has 3 N–H and O–H groups in total. The molecule has 19 heavy (non-hydrogen) atoms. The molecular weight excluding hydrogens is 266 g/mol. The minimum Gasteiger partial charge on any atom is -0.480 e. The van der Waals surface area contributed by atoms with Gasteiger partial charge in [0.05, 0.1) is 16.6 Å². The van der Waals surface area contributed by atoms with E-state index in [2.05, 4.69) is 0 Å². The van der Waals surface area contributed by atoms with Crippen molar-refractivity contribution in [3.05, 3.63) is 29.8 Å². The first kappa shape index (κ1) is 15.5. The predicted molar refractivity (Wildman–Crippen MR) is 72.3 cm³/mol. The number of hydrogen-bond donors (Lipinski definition) is 2. The average molecular weight is 283 g/mol. The van der Waals surface area contributed by atoms with Gasteiger partial charge in [-0.3, -0.25) is 13.8 Å². The van der Waals surface area contributed by atoms with E-state index in [9.17, 15) is 13.8 Å². The molecule has 104 valence electrons. The van der Waals surface area contributed by atoms with Gasteiger partial charge in [0, 0.05) is 11.3 Å². The van der Waals surface area contributed by atoms with Crippen LogP contribution in [-0.4, -0.2) is 32.9 Å². The second kappa shape index (κ2) is 7.16. The van der Waals surface area contributed by atoms with E-state index in [1.165, 1.54) is 0 Å². The molecule has 2 atom stereocenters. The Hall–Kier alpha value is -1.53. The van der Waals surface area contributed by atoms with Gasteiger partial charge >= 0.3 is 5.97 Å². The van der Waals surface area contributed by atoms with Gasteiger partial charge in [0.15, 0.2) is 0 Å². The molecule has 0 amide bonds. The Labute approximate surface area is 114 Å². The van der Waals surface area contributed by atoms with Crippen LogP contribution in [-0.2, 0) is 26.8 Å². The summed E-state index contributed by atoms with van der Waals surface area (Å²) in [6, 6.07) is 5.71. The van der Waals surface area contributed by atoms with E-state index < -0.39 is 22.8 Å². The second-order valence-electron chi connectivity index (χ2n) is 4.17. The quantitative estimate of drug-likeness (QED) is 0.768. The summed E-state index contributed by atoms with van der Waals surface area (Å²) in [5.41, 5.74) is 6.19. The number of aliphatic carboxylic acids is 1. The molecule has 0 spiro atoms. The maximum absolute atomic E-state index is 11.8. The zero-order valence-electron chi connectivity index (χ0n) is 10.7. The number of carboxylic acid groups (broad SMARTS) is 1. The summed E-state index contributed by atoms with van der Waals surface area (Å²) in [5.74, 6) is -1.08. The number of carbonyl (C=O) groups excluding carboxylic acids is 1. The largest absolute Gasteiger partial charge is 0.480 e. The lowest BCUT2D eigenvalue weighted by molar-refractivity contribution is -0.138. The van der Waals surface area contributed by atoms with Crippen LogP contribution in [0.15, 0.2) is 29.2 Å². The lowest BCUT2D eigenvalue weighted by Gasteiger charge is -2.07. The van der Waals surface area contributed by atoms with Crippen molar-refractivity contribution in [1.82, 2.24) is 0 Å². The molecular formula is C13H17NO4S. The van der Waals surface area contributed by atoms with E-state index in [1.54, 1.807) is 31.2 Å². The molecule has 0 aromatic heterocycles. The van der Waals surface area contributed by atoms with Crippen LogP contribution in [0.1, 0.15) is 18.9 Å². The highest BCUT2D eigenvalue weighted by Crippen LogP contribution is 2.11. The Morgan fingerprint density at radius 1 is 1.32 bits per heavy atom. The Kier molecular flexibility index (Phi) is 5.85. The van der Waals surface area contributed by atoms with Crippen molar-refractivity contribution in [3.63, 3.8) is 0 Å². The van der Waals surface area contributed by atoms with Gasteiger partial charge in [-0.15, -0.1) is 0 Å². The van der Waals surface area contributed by atoms with Crippen molar-refractivity contribution < 1.29 is 18.9 Å². The van der Waals surface area contributed by atoms with Crippen molar-refractivity contribution in [1.29, 1.82) is 0 Å². The summed E-state index contributed by atoms with van der Waals surface area (Å²) in [4.78, 5) is 22.4. The molecule has 1 rings (SSSR count). The van der Waals surface area contributed by atoms with E-state index >= 15 is 0 Å². The zero-order valence-corrected chi connectivity index (χ0v) is 11.5. The standard InChI is InChI=1S/C13H17NO4S/c1-2-10(15)8-19(18)11-5-3-9(4-6-11)7-12(14)13(16)17/h3-6,12H,2,7-8,14H2,1H3,(H,16,17). The second-order valence-corrected chi connectivity index (χ2v) is 5.63. The number of benzene rings is 1. The average Bonchev–Trinajstić information content (AvgIpc) is 2.39. The molecule has 1 aromatic rings. The SMILES string of the molecule is CCC(=O)CS(=O)c1ccc(CC(N)C(=O)O)cc1. The van der Waals surface area contributed by atoms with Gasteiger partial charge in [0.2, 0.25) is 0 Å². The topological polar surface area (TPSA) is 97.5 Å². The van der Waals surface area contributed by atoms with E-state index in [4.69, 9.17) is 10.8 Å². The molecule has 0 saturated carbocycles. The number of carbonyl (C=O) groups is 2. The Balaban J connectivity index is 2.68. The van der Waals surface area contributed by atoms with Crippen LogP contribution in [0.5, 0.6) is 0 Å².